The zero-order valence-electron chi connectivity index (χ0n) is 16.6. The van der Waals surface area contributed by atoms with Crippen LogP contribution in [0, 0.1) is 0 Å². The molecular weight excluding hydrogens is 463 g/mol. The number of aromatic amines is 1. The van der Waals surface area contributed by atoms with E-state index in [1.807, 2.05) is 0 Å². The van der Waals surface area contributed by atoms with Crippen molar-refractivity contribution in [1.82, 2.24) is 9.97 Å². The van der Waals surface area contributed by atoms with Gasteiger partial charge in [0.1, 0.15) is 5.82 Å². The van der Waals surface area contributed by atoms with Gasteiger partial charge in [-0.1, -0.05) is 23.7 Å². The van der Waals surface area contributed by atoms with Crippen molar-refractivity contribution in [1.29, 1.82) is 0 Å². The number of nitrogens with one attached hydrogen (secondary N) is 4. The number of H-pyrrole nitrogens is 1. The molecule has 1 aliphatic heterocycles. The first-order chi connectivity index (χ1) is 15.6. The molecule has 0 bridgehead atoms. The molecule has 2 amide bonds. The molecule has 0 saturated carbocycles. The van der Waals surface area contributed by atoms with Crippen LogP contribution in [0.1, 0.15) is 23.5 Å². The standard InChI is InChI=1S/C21H15ClF3N5O3/c22-11-4-2-6-13(8-11)26-18(32)14-9-15(31)28-17-16(14)19(33)30-20(29-17)27-12-5-1-3-10(7-12)21(23,24)25/h1-8,14H,9H2,(H,26,32)(H3,27,28,29,30,31,33)/t14-/m1/s1. The molecule has 4 rings (SSSR count). The van der Waals surface area contributed by atoms with Crippen molar-refractivity contribution in [3.05, 3.63) is 75.0 Å². The molecule has 0 saturated heterocycles. The summed E-state index contributed by atoms with van der Waals surface area (Å²) in [6.45, 7) is 0. The fourth-order valence-electron chi connectivity index (χ4n) is 3.36. The van der Waals surface area contributed by atoms with Crippen LogP contribution in [0.5, 0.6) is 0 Å². The fourth-order valence-corrected chi connectivity index (χ4v) is 3.55. The molecule has 3 aromatic rings. The van der Waals surface area contributed by atoms with Crippen molar-refractivity contribution in [2.75, 3.05) is 16.0 Å². The van der Waals surface area contributed by atoms with Gasteiger partial charge in [0, 0.05) is 22.8 Å². The average molecular weight is 478 g/mol. The summed E-state index contributed by atoms with van der Waals surface area (Å²) in [7, 11) is 0. The van der Waals surface area contributed by atoms with Crippen molar-refractivity contribution in [2.24, 2.45) is 0 Å². The highest BCUT2D eigenvalue weighted by Crippen LogP contribution is 2.32. The Morgan fingerprint density at radius 1 is 1.09 bits per heavy atom. The highest BCUT2D eigenvalue weighted by molar-refractivity contribution is 6.30. The molecule has 4 N–H and O–H groups in total. The van der Waals surface area contributed by atoms with Crippen LogP contribution in [0.25, 0.3) is 0 Å². The maximum atomic E-state index is 12.9. The lowest BCUT2D eigenvalue weighted by atomic mass is 9.92. The Bertz CT molecular complexity index is 1310. The van der Waals surface area contributed by atoms with E-state index in [1.54, 1.807) is 18.2 Å². The van der Waals surface area contributed by atoms with Gasteiger partial charge in [-0.2, -0.15) is 18.2 Å². The number of benzene rings is 2. The predicted molar refractivity (Wildman–Crippen MR) is 116 cm³/mol. The molecule has 1 aromatic heterocycles. The molecule has 12 heteroatoms. The van der Waals surface area contributed by atoms with E-state index in [0.717, 1.165) is 12.1 Å². The van der Waals surface area contributed by atoms with Gasteiger partial charge < -0.3 is 16.0 Å². The lowest BCUT2D eigenvalue weighted by Crippen LogP contribution is -2.36. The molecular formula is C21H15ClF3N5O3. The largest absolute Gasteiger partial charge is 0.416 e. The van der Waals surface area contributed by atoms with Crippen LogP contribution in [-0.2, 0) is 15.8 Å². The van der Waals surface area contributed by atoms with E-state index in [9.17, 15) is 27.6 Å². The number of rotatable bonds is 4. The normalized spacial score (nSPS) is 15.4. The van der Waals surface area contributed by atoms with E-state index in [-0.39, 0.29) is 29.4 Å². The van der Waals surface area contributed by atoms with E-state index in [1.165, 1.54) is 18.2 Å². The summed E-state index contributed by atoms with van der Waals surface area (Å²) in [6.07, 6.45) is -4.84. The maximum absolute atomic E-state index is 12.9. The summed E-state index contributed by atoms with van der Waals surface area (Å²) in [4.78, 5) is 44.2. The number of aromatic nitrogens is 2. The van der Waals surface area contributed by atoms with Crippen LogP contribution < -0.4 is 21.5 Å². The van der Waals surface area contributed by atoms with Crippen molar-refractivity contribution in [3.63, 3.8) is 0 Å². The first kappa shape index (κ1) is 22.3. The summed E-state index contributed by atoms with van der Waals surface area (Å²) in [5, 5.41) is 8.01. The molecule has 0 aliphatic carbocycles. The minimum atomic E-state index is -4.55. The molecule has 1 atom stereocenters. The number of hydrogen-bond acceptors (Lipinski definition) is 5. The number of alkyl halides is 3. The second kappa shape index (κ2) is 8.58. The second-order valence-corrected chi connectivity index (χ2v) is 7.62. The number of hydrogen-bond donors (Lipinski definition) is 4. The van der Waals surface area contributed by atoms with Crippen LogP contribution in [-0.4, -0.2) is 21.8 Å². The third kappa shape index (κ3) is 4.98. The molecule has 1 aliphatic rings. The van der Waals surface area contributed by atoms with E-state index in [4.69, 9.17) is 11.6 Å². The highest BCUT2D eigenvalue weighted by atomic mass is 35.5. The van der Waals surface area contributed by atoms with Crippen molar-refractivity contribution in [2.45, 2.75) is 18.5 Å². The van der Waals surface area contributed by atoms with Gasteiger partial charge in [-0.15, -0.1) is 0 Å². The van der Waals surface area contributed by atoms with Gasteiger partial charge in [0.25, 0.3) is 5.56 Å². The number of halogens is 4. The molecule has 0 fully saturated rings. The van der Waals surface area contributed by atoms with Gasteiger partial charge in [-0.05, 0) is 36.4 Å². The summed E-state index contributed by atoms with van der Waals surface area (Å²) in [5.74, 6) is -2.65. The molecule has 2 heterocycles. The summed E-state index contributed by atoms with van der Waals surface area (Å²) >= 11 is 5.91. The first-order valence-electron chi connectivity index (χ1n) is 9.55. The van der Waals surface area contributed by atoms with E-state index < -0.39 is 35.0 Å². The minimum Gasteiger partial charge on any atom is -0.326 e. The van der Waals surface area contributed by atoms with Gasteiger partial charge in [-0.25, -0.2) is 0 Å². The number of amides is 2. The van der Waals surface area contributed by atoms with Crippen LogP contribution in [0.15, 0.2) is 53.3 Å². The van der Waals surface area contributed by atoms with Gasteiger partial charge >= 0.3 is 6.18 Å². The summed E-state index contributed by atoms with van der Waals surface area (Å²) in [5.41, 5.74) is -1.28. The Morgan fingerprint density at radius 2 is 1.82 bits per heavy atom. The first-order valence-corrected chi connectivity index (χ1v) is 9.93. The van der Waals surface area contributed by atoms with E-state index in [0.29, 0.717) is 10.7 Å². The number of carbonyl (C=O) groups excluding carboxylic acids is 2. The maximum Gasteiger partial charge on any atom is 0.416 e. The molecule has 2 aromatic carbocycles. The molecule has 0 spiro atoms. The zero-order valence-corrected chi connectivity index (χ0v) is 17.3. The summed E-state index contributed by atoms with van der Waals surface area (Å²) < 4.78 is 38.8. The van der Waals surface area contributed by atoms with Gasteiger partial charge in [0.2, 0.25) is 17.8 Å². The Hall–Kier alpha value is -3.86. The number of carbonyl (C=O) groups is 2. The number of anilines is 4. The Kier molecular flexibility index (Phi) is 5.81. The molecule has 170 valence electrons. The van der Waals surface area contributed by atoms with Gasteiger partial charge in [-0.3, -0.25) is 19.4 Å². The van der Waals surface area contributed by atoms with Crippen LogP contribution in [0.3, 0.4) is 0 Å². The smallest absolute Gasteiger partial charge is 0.326 e. The van der Waals surface area contributed by atoms with Gasteiger partial charge in [0.05, 0.1) is 17.0 Å². The van der Waals surface area contributed by atoms with Crippen LogP contribution in [0.2, 0.25) is 5.02 Å². The fraction of sp³-hybridized carbons (Fsp3) is 0.143. The Morgan fingerprint density at radius 3 is 2.55 bits per heavy atom. The topological polar surface area (TPSA) is 116 Å². The SMILES string of the molecule is O=C1C[C@@H](C(=O)Nc2cccc(Cl)c2)c2c(nc(Nc3cccc(C(F)(F)F)c3)[nH]c2=O)N1. The minimum absolute atomic E-state index is 0.0188. The van der Waals surface area contributed by atoms with Crippen LogP contribution >= 0.6 is 11.6 Å². The lowest BCUT2D eigenvalue weighted by Gasteiger charge is -2.23. The third-order valence-electron chi connectivity index (χ3n) is 4.81. The molecule has 33 heavy (non-hydrogen) atoms. The predicted octanol–water partition coefficient (Wildman–Crippen LogP) is 4.25. The third-order valence-corrected chi connectivity index (χ3v) is 5.05. The second-order valence-electron chi connectivity index (χ2n) is 7.18. The van der Waals surface area contributed by atoms with Gasteiger partial charge in [0.15, 0.2) is 0 Å². The lowest BCUT2D eigenvalue weighted by molar-refractivity contribution is -0.137. The Balaban J connectivity index is 1.63. The zero-order chi connectivity index (χ0) is 23.8. The Labute approximate surface area is 189 Å². The number of nitrogens with zero attached hydrogens (tertiary/aromatic N) is 1. The summed E-state index contributed by atoms with van der Waals surface area (Å²) in [6, 6.07) is 10.6. The van der Waals surface area contributed by atoms with Crippen LogP contribution in [0.4, 0.5) is 36.3 Å². The molecule has 0 unspecified atom stereocenters. The van der Waals surface area contributed by atoms with Crippen molar-refractivity contribution in [3.8, 4) is 0 Å². The monoisotopic (exact) mass is 477 g/mol. The van der Waals surface area contributed by atoms with E-state index in [2.05, 4.69) is 25.9 Å². The number of fused-ring (bicyclic) bond motifs is 1. The van der Waals surface area contributed by atoms with Crippen molar-refractivity contribution >= 4 is 46.6 Å². The van der Waals surface area contributed by atoms with E-state index >= 15 is 0 Å². The highest BCUT2D eigenvalue weighted by Gasteiger charge is 2.35. The quantitative estimate of drug-likeness (QED) is 0.448. The average Bonchev–Trinajstić information content (AvgIpc) is 2.72. The van der Waals surface area contributed by atoms with Crippen molar-refractivity contribution < 1.29 is 22.8 Å². The molecule has 0 radical (unpaired) electrons. The molecule has 8 nitrogen and oxygen atoms in total.